The van der Waals surface area contributed by atoms with Crippen LogP contribution in [0.3, 0.4) is 0 Å². The third kappa shape index (κ3) is 4.22. The number of sulfonamides is 1. The molecule has 0 atom stereocenters. The second-order valence-corrected chi connectivity index (χ2v) is 9.59. The van der Waals surface area contributed by atoms with Crippen LogP contribution in [0.25, 0.3) is 10.8 Å². The van der Waals surface area contributed by atoms with E-state index in [1.165, 1.54) is 7.05 Å². The molecular formula is C21H25N5O3S. The van der Waals surface area contributed by atoms with Gasteiger partial charge in [-0.25, -0.2) is 8.42 Å². The quantitative estimate of drug-likeness (QED) is 0.650. The Morgan fingerprint density at radius 2 is 1.90 bits per heavy atom. The smallest absolute Gasteiger partial charge is 0.243 e. The lowest BCUT2D eigenvalue weighted by atomic mass is 10.1. The average Bonchev–Trinajstić information content (AvgIpc) is 2.97. The highest BCUT2D eigenvalue weighted by Crippen LogP contribution is 2.21. The van der Waals surface area contributed by atoms with Gasteiger partial charge >= 0.3 is 0 Å². The van der Waals surface area contributed by atoms with E-state index >= 15 is 0 Å². The standard InChI is InChI=1S/C21H25N5O3S/c1-25(30(28,29)18-11-10-16-7-4-5-8-17(16)13-18)15-21(27)22-14-20-24-23-19-9-3-2-6-12-26(19)20/h4-5,7-8,10-11,13H,2-3,6,9,12,14-15H2,1H3,(H,22,27). The third-order valence-corrected chi connectivity index (χ3v) is 7.22. The summed E-state index contributed by atoms with van der Waals surface area (Å²) < 4.78 is 28.9. The maximum Gasteiger partial charge on any atom is 0.243 e. The molecule has 3 aromatic rings. The van der Waals surface area contributed by atoms with Gasteiger partial charge in [-0.1, -0.05) is 36.8 Å². The van der Waals surface area contributed by atoms with Crippen molar-refractivity contribution in [2.45, 2.75) is 43.7 Å². The first-order valence-electron chi connectivity index (χ1n) is 10.1. The van der Waals surface area contributed by atoms with Crippen molar-refractivity contribution in [3.05, 3.63) is 54.1 Å². The van der Waals surface area contributed by atoms with Gasteiger partial charge in [0.25, 0.3) is 0 Å². The summed E-state index contributed by atoms with van der Waals surface area (Å²) in [7, 11) is -2.37. The van der Waals surface area contributed by atoms with Crippen LogP contribution in [0.1, 0.15) is 30.9 Å². The molecule has 1 aromatic heterocycles. The Kier molecular flexibility index (Phi) is 5.83. The molecule has 4 rings (SSSR count). The van der Waals surface area contributed by atoms with Gasteiger partial charge in [-0.15, -0.1) is 10.2 Å². The zero-order chi connectivity index (χ0) is 21.1. The van der Waals surface area contributed by atoms with Gasteiger partial charge in [0.2, 0.25) is 15.9 Å². The number of aryl methyl sites for hydroxylation is 1. The molecule has 0 bridgehead atoms. The minimum absolute atomic E-state index is 0.166. The van der Waals surface area contributed by atoms with Crippen LogP contribution in [0.4, 0.5) is 0 Å². The van der Waals surface area contributed by atoms with E-state index in [0.717, 1.165) is 53.1 Å². The highest BCUT2D eigenvalue weighted by molar-refractivity contribution is 7.89. The maximum absolute atomic E-state index is 12.9. The lowest BCUT2D eigenvalue weighted by molar-refractivity contribution is -0.121. The Morgan fingerprint density at radius 3 is 2.73 bits per heavy atom. The molecule has 0 saturated heterocycles. The van der Waals surface area contributed by atoms with Gasteiger partial charge in [-0.2, -0.15) is 4.31 Å². The van der Waals surface area contributed by atoms with Crippen LogP contribution < -0.4 is 5.32 Å². The molecule has 0 spiro atoms. The lowest BCUT2D eigenvalue weighted by Crippen LogP contribution is -2.38. The van der Waals surface area contributed by atoms with Crippen molar-refractivity contribution >= 4 is 26.7 Å². The normalized spacial score (nSPS) is 14.5. The molecule has 8 nitrogen and oxygen atoms in total. The van der Waals surface area contributed by atoms with E-state index < -0.39 is 10.0 Å². The van der Waals surface area contributed by atoms with Gasteiger partial charge in [-0.3, -0.25) is 4.79 Å². The molecule has 9 heteroatoms. The number of hydrogen-bond donors (Lipinski definition) is 1. The van der Waals surface area contributed by atoms with Gasteiger partial charge in [0, 0.05) is 20.0 Å². The number of fused-ring (bicyclic) bond motifs is 2. The molecule has 1 aliphatic rings. The number of hydrogen-bond acceptors (Lipinski definition) is 5. The first-order valence-corrected chi connectivity index (χ1v) is 11.5. The van der Waals surface area contributed by atoms with E-state index in [9.17, 15) is 13.2 Å². The monoisotopic (exact) mass is 427 g/mol. The van der Waals surface area contributed by atoms with Gasteiger partial charge in [-0.05, 0) is 35.7 Å². The molecule has 158 valence electrons. The number of benzene rings is 2. The van der Waals surface area contributed by atoms with Crippen LogP contribution in [0.5, 0.6) is 0 Å². The van der Waals surface area contributed by atoms with Gasteiger partial charge in [0.05, 0.1) is 18.0 Å². The highest BCUT2D eigenvalue weighted by Gasteiger charge is 2.23. The summed E-state index contributed by atoms with van der Waals surface area (Å²) in [6.07, 6.45) is 4.22. The minimum atomic E-state index is -3.78. The molecule has 0 fully saturated rings. The molecule has 1 amide bonds. The van der Waals surface area contributed by atoms with Crippen LogP contribution in [0.2, 0.25) is 0 Å². The number of nitrogens with zero attached hydrogens (tertiary/aromatic N) is 4. The van der Waals surface area contributed by atoms with E-state index in [4.69, 9.17) is 0 Å². The molecule has 2 heterocycles. The lowest BCUT2D eigenvalue weighted by Gasteiger charge is -2.17. The predicted octanol–water partition coefficient (Wildman–Crippen LogP) is 2.09. The predicted molar refractivity (Wildman–Crippen MR) is 113 cm³/mol. The molecule has 30 heavy (non-hydrogen) atoms. The van der Waals surface area contributed by atoms with Crippen molar-refractivity contribution in [2.75, 3.05) is 13.6 Å². The summed E-state index contributed by atoms with van der Waals surface area (Å²) in [5.74, 6) is 1.28. The highest BCUT2D eigenvalue weighted by atomic mass is 32.2. The zero-order valence-electron chi connectivity index (χ0n) is 16.9. The second kappa shape index (κ2) is 8.53. The van der Waals surface area contributed by atoms with Crippen LogP contribution in [-0.4, -0.2) is 47.0 Å². The summed E-state index contributed by atoms with van der Waals surface area (Å²) in [5, 5.41) is 13.0. The van der Waals surface area contributed by atoms with E-state index in [0.29, 0.717) is 5.82 Å². The summed E-state index contributed by atoms with van der Waals surface area (Å²) in [6.45, 7) is 0.815. The van der Waals surface area contributed by atoms with Gasteiger partial charge < -0.3 is 9.88 Å². The second-order valence-electron chi connectivity index (χ2n) is 7.54. The first-order chi connectivity index (χ1) is 14.4. The maximum atomic E-state index is 12.9. The van der Waals surface area contributed by atoms with Crippen LogP contribution in [0, 0.1) is 0 Å². The van der Waals surface area contributed by atoms with Crippen molar-refractivity contribution in [2.24, 2.45) is 0 Å². The van der Waals surface area contributed by atoms with Crippen LogP contribution in [0.15, 0.2) is 47.4 Å². The van der Waals surface area contributed by atoms with Crippen molar-refractivity contribution in [1.82, 2.24) is 24.4 Å². The van der Waals surface area contributed by atoms with Crippen molar-refractivity contribution < 1.29 is 13.2 Å². The molecular weight excluding hydrogens is 402 g/mol. The number of aromatic nitrogens is 3. The average molecular weight is 428 g/mol. The molecule has 1 aliphatic heterocycles. The summed E-state index contributed by atoms with van der Waals surface area (Å²) in [5.41, 5.74) is 0. The largest absolute Gasteiger partial charge is 0.348 e. The Morgan fingerprint density at radius 1 is 1.10 bits per heavy atom. The Balaban J connectivity index is 1.40. The summed E-state index contributed by atoms with van der Waals surface area (Å²) in [6, 6.07) is 12.5. The van der Waals surface area contributed by atoms with E-state index in [2.05, 4.69) is 20.1 Å². The molecule has 2 aromatic carbocycles. The number of likely N-dealkylation sites (N-methyl/N-ethyl adjacent to an activating group) is 1. The summed E-state index contributed by atoms with van der Waals surface area (Å²) >= 11 is 0. The van der Waals surface area contributed by atoms with Crippen molar-refractivity contribution in [1.29, 1.82) is 0 Å². The van der Waals surface area contributed by atoms with Gasteiger partial charge in [0.1, 0.15) is 5.82 Å². The minimum Gasteiger partial charge on any atom is -0.348 e. The van der Waals surface area contributed by atoms with Crippen LogP contribution >= 0.6 is 0 Å². The molecule has 0 aliphatic carbocycles. The van der Waals surface area contributed by atoms with E-state index in [1.807, 2.05) is 24.3 Å². The number of carbonyl (C=O) groups is 1. The number of rotatable bonds is 6. The molecule has 1 N–H and O–H groups in total. The Labute approximate surface area is 176 Å². The van der Waals surface area contributed by atoms with Crippen LogP contribution in [-0.2, 0) is 34.3 Å². The fourth-order valence-electron chi connectivity index (χ4n) is 3.70. The van der Waals surface area contributed by atoms with E-state index in [-0.39, 0.29) is 23.9 Å². The Bertz CT molecular complexity index is 1170. The SMILES string of the molecule is CN(CC(=O)NCc1nnc2n1CCCCC2)S(=O)(=O)c1ccc2ccccc2c1. The van der Waals surface area contributed by atoms with E-state index in [1.54, 1.807) is 18.2 Å². The number of amides is 1. The summed E-state index contributed by atoms with van der Waals surface area (Å²) in [4.78, 5) is 12.6. The first kappa shape index (κ1) is 20.5. The number of nitrogens with one attached hydrogen (secondary N) is 1. The molecule has 0 saturated carbocycles. The third-order valence-electron chi connectivity index (χ3n) is 5.43. The zero-order valence-corrected chi connectivity index (χ0v) is 17.7. The molecule has 0 unspecified atom stereocenters. The fourth-order valence-corrected chi connectivity index (χ4v) is 4.87. The Hall–Kier alpha value is -2.78. The van der Waals surface area contributed by atoms with Crippen molar-refractivity contribution in [3.8, 4) is 0 Å². The van der Waals surface area contributed by atoms with Crippen molar-refractivity contribution in [3.63, 3.8) is 0 Å². The fraction of sp³-hybridized carbons (Fsp3) is 0.381. The molecule has 0 radical (unpaired) electrons. The number of carbonyl (C=O) groups excluding carboxylic acids is 1. The topological polar surface area (TPSA) is 97.2 Å². The van der Waals surface area contributed by atoms with Gasteiger partial charge in [0.15, 0.2) is 5.82 Å².